The Balaban J connectivity index is 2.39. The van der Waals surface area contributed by atoms with Crippen LogP contribution in [0.3, 0.4) is 0 Å². The number of nitrogens with zero attached hydrogens (tertiary/aromatic N) is 2. The maximum Gasteiger partial charge on any atom is 0.244 e. The molecule has 0 bridgehead atoms. The predicted octanol–water partition coefficient (Wildman–Crippen LogP) is 3.64. The molecule has 0 atom stereocenters. The van der Waals surface area contributed by atoms with Gasteiger partial charge >= 0.3 is 0 Å². The van der Waals surface area contributed by atoms with Crippen LogP contribution >= 0.6 is 0 Å². The molecule has 1 aromatic carbocycles. The number of sulfonamides is 1. The summed E-state index contributed by atoms with van der Waals surface area (Å²) >= 11 is 0. The molecule has 2 rings (SSSR count). The van der Waals surface area contributed by atoms with Gasteiger partial charge in [0.2, 0.25) is 10.0 Å². The zero-order valence-corrected chi connectivity index (χ0v) is 15.7. The molecule has 0 radical (unpaired) electrons. The average molecular weight is 350 g/mol. The fourth-order valence-electron chi connectivity index (χ4n) is 2.45. The van der Waals surface area contributed by atoms with Gasteiger partial charge in [0.05, 0.1) is 17.6 Å². The molecular formula is C18H27N3O2S. The summed E-state index contributed by atoms with van der Waals surface area (Å²) < 4.78 is 29.8. The number of para-hydroxylation sites is 1. The molecule has 2 aromatic rings. The molecule has 1 aromatic heterocycles. The lowest BCUT2D eigenvalue weighted by Crippen LogP contribution is -2.27. The van der Waals surface area contributed by atoms with E-state index >= 15 is 0 Å². The van der Waals surface area contributed by atoms with Crippen molar-refractivity contribution < 1.29 is 8.42 Å². The smallest absolute Gasteiger partial charge is 0.239 e. The van der Waals surface area contributed by atoms with E-state index in [1.54, 1.807) is 10.9 Å². The van der Waals surface area contributed by atoms with Crippen LogP contribution < -0.4 is 4.72 Å². The second-order valence-corrected chi connectivity index (χ2v) is 8.71. The third-order valence-electron chi connectivity index (χ3n) is 3.77. The van der Waals surface area contributed by atoms with Crippen molar-refractivity contribution in [2.24, 2.45) is 0 Å². The summed E-state index contributed by atoms with van der Waals surface area (Å²) in [5.74, 6) is 0. The Hall–Kier alpha value is -1.66. The van der Waals surface area contributed by atoms with Gasteiger partial charge in [0.15, 0.2) is 0 Å². The largest absolute Gasteiger partial charge is 0.244 e. The number of hydrogen-bond acceptors (Lipinski definition) is 3. The van der Waals surface area contributed by atoms with Crippen LogP contribution in [0, 0.1) is 0 Å². The molecule has 0 unspecified atom stereocenters. The highest BCUT2D eigenvalue weighted by Gasteiger charge is 2.29. The van der Waals surface area contributed by atoms with Crippen molar-refractivity contribution in [3.63, 3.8) is 0 Å². The van der Waals surface area contributed by atoms with Gasteiger partial charge in [0.1, 0.15) is 4.90 Å². The quantitative estimate of drug-likeness (QED) is 0.776. The van der Waals surface area contributed by atoms with Crippen molar-refractivity contribution in [3.8, 4) is 5.69 Å². The van der Waals surface area contributed by atoms with Crippen LogP contribution in [0.5, 0.6) is 0 Å². The topological polar surface area (TPSA) is 64.0 Å². The second-order valence-electron chi connectivity index (χ2n) is 6.98. The van der Waals surface area contributed by atoms with Gasteiger partial charge in [-0.2, -0.15) is 5.10 Å². The molecule has 0 saturated carbocycles. The van der Waals surface area contributed by atoms with Crippen molar-refractivity contribution in [1.29, 1.82) is 0 Å². The molecule has 0 spiro atoms. The van der Waals surface area contributed by atoms with Gasteiger partial charge in [-0.05, 0) is 18.6 Å². The van der Waals surface area contributed by atoms with Gasteiger partial charge in [-0.25, -0.2) is 17.8 Å². The molecule has 0 saturated heterocycles. The molecule has 132 valence electrons. The SMILES string of the molecule is CCCCCNS(=O)(=O)c1cn(-c2ccccc2)nc1C(C)(C)C. The van der Waals surface area contributed by atoms with E-state index in [1.807, 2.05) is 51.1 Å². The van der Waals surface area contributed by atoms with E-state index in [4.69, 9.17) is 0 Å². The molecule has 0 aliphatic rings. The van der Waals surface area contributed by atoms with Crippen LogP contribution in [0.25, 0.3) is 5.69 Å². The van der Waals surface area contributed by atoms with Crippen molar-refractivity contribution in [3.05, 3.63) is 42.2 Å². The second kappa shape index (κ2) is 7.49. The first kappa shape index (κ1) is 18.7. The van der Waals surface area contributed by atoms with E-state index < -0.39 is 10.0 Å². The van der Waals surface area contributed by atoms with Crippen LogP contribution in [-0.4, -0.2) is 24.7 Å². The Labute approximate surface area is 145 Å². The van der Waals surface area contributed by atoms with Crippen LogP contribution in [0.4, 0.5) is 0 Å². The first-order valence-electron chi connectivity index (χ1n) is 8.41. The van der Waals surface area contributed by atoms with E-state index in [2.05, 4.69) is 16.7 Å². The van der Waals surface area contributed by atoms with Crippen LogP contribution in [0.1, 0.15) is 52.7 Å². The molecular weight excluding hydrogens is 322 g/mol. The lowest BCUT2D eigenvalue weighted by molar-refractivity contribution is 0.538. The maximum absolute atomic E-state index is 12.7. The minimum Gasteiger partial charge on any atom is -0.239 e. The number of benzene rings is 1. The summed E-state index contributed by atoms with van der Waals surface area (Å²) in [6.07, 6.45) is 4.52. The summed E-state index contributed by atoms with van der Waals surface area (Å²) in [6.45, 7) is 8.47. The Kier molecular flexibility index (Phi) is 5.83. The third kappa shape index (κ3) is 4.45. The monoisotopic (exact) mass is 349 g/mol. The number of rotatable bonds is 7. The fourth-order valence-corrected chi connectivity index (χ4v) is 3.86. The van der Waals surface area contributed by atoms with Gasteiger partial charge in [0, 0.05) is 12.0 Å². The zero-order valence-electron chi connectivity index (χ0n) is 14.9. The highest BCUT2D eigenvalue weighted by atomic mass is 32.2. The molecule has 24 heavy (non-hydrogen) atoms. The average Bonchev–Trinajstić information content (AvgIpc) is 2.99. The maximum atomic E-state index is 12.7. The van der Waals surface area contributed by atoms with E-state index in [1.165, 1.54) is 0 Å². The van der Waals surface area contributed by atoms with Gasteiger partial charge in [-0.15, -0.1) is 0 Å². The third-order valence-corrected chi connectivity index (χ3v) is 5.24. The molecule has 0 amide bonds. The lowest BCUT2D eigenvalue weighted by atomic mass is 9.92. The Morgan fingerprint density at radius 1 is 1.12 bits per heavy atom. The molecule has 0 fully saturated rings. The minimum atomic E-state index is -3.58. The van der Waals surface area contributed by atoms with Gasteiger partial charge in [0.25, 0.3) is 0 Å². The molecule has 1 N–H and O–H groups in total. The van der Waals surface area contributed by atoms with Crippen LogP contribution in [0.2, 0.25) is 0 Å². The first-order valence-corrected chi connectivity index (χ1v) is 9.89. The lowest BCUT2D eigenvalue weighted by Gasteiger charge is -2.17. The van der Waals surface area contributed by atoms with Gasteiger partial charge < -0.3 is 0 Å². The van der Waals surface area contributed by atoms with Crippen molar-refractivity contribution >= 4 is 10.0 Å². The molecule has 1 heterocycles. The number of nitrogens with one attached hydrogen (secondary N) is 1. The Bertz CT molecular complexity index is 759. The Morgan fingerprint density at radius 3 is 2.38 bits per heavy atom. The highest BCUT2D eigenvalue weighted by molar-refractivity contribution is 7.89. The van der Waals surface area contributed by atoms with Crippen molar-refractivity contribution in [2.45, 2.75) is 57.3 Å². The summed E-state index contributed by atoms with van der Waals surface area (Å²) in [5.41, 5.74) is 1.05. The number of aromatic nitrogens is 2. The van der Waals surface area contributed by atoms with E-state index in [0.29, 0.717) is 12.2 Å². The molecule has 5 nitrogen and oxygen atoms in total. The first-order chi connectivity index (χ1) is 11.3. The summed E-state index contributed by atoms with van der Waals surface area (Å²) in [6, 6.07) is 9.55. The predicted molar refractivity (Wildman–Crippen MR) is 97.0 cm³/mol. The summed E-state index contributed by atoms with van der Waals surface area (Å²) in [7, 11) is -3.58. The molecule has 6 heteroatoms. The van der Waals surface area contributed by atoms with Crippen LogP contribution in [-0.2, 0) is 15.4 Å². The van der Waals surface area contributed by atoms with Crippen molar-refractivity contribution in [1.82, 2.24) is 14.5 Å². The summed E-state index contributed by atoms with van der Waals surface area (Å²) in [5, 5.41) is 4.56. The molecule has 0 aliphatic carbocycles. The fraction of sp³-hybridized carbons (Fsp3) is 0.500. The van der Waals surface area contributed by atoms with Crippen molar-refractivity contribution in [2.75, 3.05) is 6.54 Å². The number of unbranched alkanes of at least 4 members (excludes halogenated alkanes) is 2. The summed E-state index contributed by atoms with van der Waals surface area (Å²) in [4.78, 5) is 0.260. The number of hydrogen-bond donors (Lipinski definition) is 1. The minimum absolute atomic E-state index is 0.260. The highest BCUT2D eigenvalue weighted by Crippen LogP contribution is 2.28. The van der Waals surface area contributed by atoms with Crippen LogP contribution in [0.15, 0.2) is 41.4 Å². The normalized spacial score (nSPS) is 12.5. The van der Waals surface area contributed by atoms with E-state index in [-0.39, 0.29) is 10.3 Å². The molecule has 0 aliphatic heterocycles. The van der Waals surface area contributed by atoms with E-state index in [9.17, 15) is 8.42 Å². The zero-order chi connectivity index (χ0) is 17.8. The van der Waals surface area contributed by atoms with Gasteiger partial charge in [-0.1, -0.05) is 58.7 Å². The standard InChI is InChI=1S/C18H27N3O2S/c1-5-6-10-13-19-24(22,23)16-14-21(15-11-8-7-9-12-15)20-17(16)18(2,3)4/h7-9,11-12,14,19H,5-6,10,13H2,1-4H3. The Morgan fingerprint density at radius 2 is 1.79 bits per heavy atom. The van der Waals surface area contributed by atoms with E-state index in [0.717, 1.165) is 24.9 Å². The van der Waals surface area contributed by atoms with Gasteiger partial charge in [-0.3, -0.25) is 0 Å².